The fraction of sp³-hybridized carbons (Fsp3) is 0.176. The molecule has 8 rings (SSSR count). The summed E-state index contributed by atoms with van der Waals surface area (Å²) < 4.78 is 3.42. The van der Waals surface area contributed by atoms with Crippen LogP contribution in [-0.4, -0.2) is 26.1 Å². The summed E-state index contributed by atoms with van der Waals surface area (Å²) in [7, 11) is 0. The quantitative estimate of drug-likeness (QED) is 0.112. The van der Waals surface area contributed by atoms with Gasteiger partial charge in [-0.15, -0.1) is 0 Å². The molecule has 0 radical (unpaired) electrons. The average molecular weight is 591 g/mol. The molecule has 0 saturated carbocycles. The molecule has 0 atom stereocenters. The standard InChI is InChI=1S/C34H25NO2SSe/c1-33(2)23-8-5-6-11-27(23)35-29-24(33)9-7-10-25(29)34(3,4)26-16-19(39-32(26)35)15-22-30(36)20-14-18-12-13-38-28(18)17-21(20)31(22)37/h5-17H,1-4H3/b22-15-. The summed E-state index contributed by atoms with van der Waals surface area (Å²) in [6.07, 6.45) is 1.89. The number of nitrogens with zero attached hydrogens (tertiary/aromatic N) is 1. The van der Waals surface area contributed by atoms with Crippen LogP contribution >= 0.6 is 11.3 Å². The van der Waals surface area contributed by atoms with Gasteiger partial charge >= 0.3 is 238 Å². The van der Waals surface area contributed by atoms with E-state index in [1.54, 1.807) is 11.3 Å². The Morgan fingerprint density at radius 1 is 0.769 bits per heavy atom. The number of hydrogen-bond donors (Lipinski definition) is 0. The zero-order valence-electron chi connectivity index (χ0n) is 22.1. The fourth-order valence-electron chi connectivity index (χ4n) is 6.75. The molecule has 1 aliphatic carbocycles. The van der Waals surface area contributed by atoms with Gasteiger partial charge in [0.15, 0.2) is 0 Å². The van der Waals surface area contributed by atoms with Crippen LogP contribution in [0.25, 0.3) is 16.2 Å². The summed E-state index contributed by atoms with van der Waals surface area (Å²) >= 11 is 1.54. The number of ketones is 2. The van der Waals surface area contributed by atoms with Crippen LogP contribution in [0.3, 0.4) is 0 Å². The van der Waals surface area contributed by atoms with Gasteiger partial charge in [0.2, 0.25) is 0 Å². The van der Waals surface area contributed by atoms with E-state index < -0.39 is 0 Å². The molecular weight excluding hydrogens is 565 g/mol. The number of fused-ring (bicyclic) bond motifs is 6. The van der Waals surface area contributed by atoms with Crippen LogP contribution in [0.5, 0.6) is 0 Å². The second kappa shape index (κ2) is 7.57. The molecule has 2 aliphatic heterocycles. The average Bonchev–Trinajstić information content (AvgIpc) is 3.62. The van der Waals surface area contributed by atoms with Crippen molar-refractivity contribution in [2.24, 2.45) is 0 Å². The number of rotatable bonds is 1. The summed E-state index contributed by atoms with van der Waals surface area (Å²) in [5, 5.41) is 3.02. The van der Waals surface area contributed by atoms with Crippen LogP contribution in [-0.2, 0) is 10.8 Å². The maximum absolute atomic E-state index is 13.5. The molecule has 0 spiro atoms. The molecule has 0 amide bonds. The molecule has 2 aromatic heterocycles. The topological polar surface area (TPSA) is 37.4 Å². The van der Waals surface area contributed by atoms with Gasteiger partial charge in [-0.25, -0.2) is 0 Å². The Labute approximate surface area is 237 Å². The predicted octanol–water partition coefficient (Wildman–Crippen LogP) is 8.17. The molecule has 0 saturated heterocycles. The monoisotopic (exact) mass is 591 g/mol. The van der Waals surface area contributed by atoms with Crippen molar-refractivity contribution < 1.29 is 9.59 Å². The SMILES string of the molecule is CC1(C)c2ccccc2N2c3[se]c(/C=C4/C(=O)c5cc6ccsc6cc5C4=O)cc3C(C)(C)c3cccc1c32. The third-order valence-corrected chi connectivity index (χ3v) is 12.0. The second-order valence-electron chi connectivity index (χ2n) is 11.7. The maximum atomic E-state index is 13.5. The third kappa shape index (κ3) is 2.93. The molecule has 4 heterocycles. The minimum atomic E-state index is -0.196. The first-order chi connectivity index (χ1) is 18.7. The molecule has 190 valence electrons. The third-order valence-electron chi connectivity index (χ3n) is 8.89. The molecule has 0 fully saturated rings. The Kier molecular flexibility index (Phi) is 4.54. The Morgan fingerprint density at radius 3 is 2.21 bits per heavy atom. The molecule has 3 aromatic carbocycles. The zero-order chi connectivity index (χ0) is 26.8. The Bertz CT molecular complexity index is 1920. The molecular formula is C34H25NO2SSe. The van der Waals surface area contributed by atoms with E-state index in [0.29, 0.717) is 16.7 Å². The van der Waals surface area contributed by atoms with Gasteiger partial charge in [-0.3, -0.25) is 0 Å². The van der Waals surface area contributed by atoms with Crippen molar-refractivity contribution in [3.63, 3.8) is 0 Å². The van der Waals surface area contributed by atoms with E-state index in [2.05, 4.69) is 81.1 Å². The number of para-hydroxylation sites is 2. The second-order valence-corrected chi connectivity index (χ2v) is 14.9. The van der Waals surface area contributed by atoms with Crippen molar-refractivity contribution in [2.45, 2.75) is 38.5 Å². The van der Waals surface area contributed by atoms with E-state index in [-0.39, 0.29) is 36.9 Å². The molecule has 0 bridgehead atoms. The number of thiophene rings is 1. The fourth-order valence-corrected chi connectivity index (χ4v) is 10.2. The molecule has 39 heavy (non-hydrogen) atoms. The molecule has 0 unspecified atom stereocenters. The van der Waals surface area contributed by atoms with Gasteiger partial charge in [0.05, 0.1) is 0 Å². The van der Waals surface area contributed by atoms with Crippen molar-refractivity contribution in [3.05, 3.63) is 116 Å². The van der Waals surface area contributed by atoms with Crippen molar-refractivity contribution >= 4 is 69.5 Å². The summed E-state index contributed by atoms with van der Waals surface area (Å²) in [5.41, 5.74) is 8.86. The van der Waals surface area contributed by atoms with Gasteiger partial charge in [-0.05, 0) is 0 Å². The van der Waals surface area contributed by atoms with Crippen molar-refractivity contribution in [3.8, 4) is 0 Å². The van der Waals surface area contributed by atoms with E-state index in [0.717, 1.165) is 14.5 Å². The number of carbonyl (C=O) groups is 2. The Balaban J connectivity index is 1.32. The van der Waals surface area contributed by atoms with E-state index in [1.165, 1.54) is 38.2 Å². The zero-order valence-corrected chi connectivity index (χ0v) is 24.6. The molecule has 3 aliphatic rings. The number of Topliss-reactive ketones (excluding diaryl/α,β-unsaturated/α-hetero) is 2. The van der Waals surface area contributed by atoms with Gasteiger partial charge in [0.25, 0.3) is 0 Å². The molecule has 5 heteroatoms. The van der Waals surface area contributed by atoms with Crippen LogP contribution in [0.1, 0.15) is 75.1 Å². The van der Waals surface area contributed by atoms with Crippen LogP contribution in [0, 0.1) is 0 Å². The van der Waals surface area contributed by atoms with Crippen molar-refractivity contribution in [2.75, 3.05) is 4.90 Å². The first-order valence-corrected chi connectivity index (χ1v) is 15.8. The summed E-state index contributed by atoms with van der Waals surface area (Å²) in [4.78, 5) is 29.4. The van der Waals surface area contributed by atoms with Crippen LogP contribution in [0.2, 0.25) is 0 Å². The molecule has 3 nitrogen and oxygen atoms in total. The van der Waals surface area contributed by atoms with Gasteiger partial charge in [0, 0.05) is 0 Å². The summed E-state index contributed by atoms with van der Waals surface area (Å²) in [6.45, 7) is 9.26. The molecule has 0 N–H and O–H groups in total. The number of allylic oxidation sites excluding steroid dienone is 1. The number of carbonyl (C=O) groups excluding carboxylic acids is 2. The van der Waals surface area contributed by atoms with Crippen LogP contribution < -0.4 is 4.90 Å². The number of anilines is 3. The van der Waals surface area contributed by atoms with E-state index >= 15 is 0 Å². The van der Waals surface area contributed by atoms with E-state index in [4.69, 9.17) is 0 Å². The summed E-state index contributed by atoms with van der Waals surface area (Å²) in [5.74, 6) is -0.304. The van der Waals surface area contributed by atoms with Crippen molar-refractivity contribution in [1.29, 1.82) is 0 Å². The molecule has 5 aromatic rings. The van der Waals surface area contributed by atoms with Gasteiger partial charge in [-0.1, -0.05) is 0 Å². The number of benzene rings is 3. The normalized spacial score (nSPS) is 18.8. The Hall–Kier alpha value is -3.50. The first kappa shape index (κ1) is 23.4. The van der Waals surface area contributed by atoms with E-state index in [9.17, 15) is 9.59 Å². The number of hydrogen-bond acceptors (Lipinski definition) is 4. The van der Waals surface area contributed by atoms with E-state index in [1.807, 2.05) is 29.7 Å². The van der Waals surface area contributed by atoms with Crippen LogP contribution in [0.4, 0.5) is 15.9 Å². The predicted molar refractivity (Wildman–Crippen MR) is 161 cm³/mol. The van der Waals surface area contributed by atoms with Gasteiger partial charge < -0.3 is 0 Å². The minimum absolute atomic E-state index is 0.0608. The van der Waals surface area contributed by atoms with Gasteiger partial charge in [0.1, 0.15) is 0 Å². The van der Waals surface area contributed by atoms with Gasteiger partial charge in [-0.2, -0.15) is 0 Å². The van der Waals surface area contributed by atoms with Crippen LogP contribution in [0.15, 0.2) is 77.7 Å². The van der Waals surface area contributed by atoms with Crippen molar-refractivity contribution in [1.82, 2.24) is 0 Å². The summed E-state index contributed by atoms with van der Waals surface area (Å²) in [6, 6.07) is 23.5. The Morgan fingerprint density at radius 2 is 1.44 bits per heavy atom. The first-order valence-electron chi connectivity index (χ1n) is 13.2.